The maximum absolute atomic E-state index is 11.1. The van der Waals surface area contributed by atoms with Crippen LogP contribution >= 0.6 is 67.8 Å². The average molecular weight is 700 g/mol. The Morgan fingerprint density at radius 2 is 1.35 bits per heavy atom. The molecular formula is C19H27I3O4. The second kappa shape index (κ2) is 15.5. The Kier molecular flexibility index (Phi) is 14.8. The lowest BCUT2D eigenvalue weighted by Gasteiger charge is -2.11. The highest BCUT2D eigenvalue weighted by atomic mass is 127. The first-order valence-electron chi connectivity index (χ1n) is 9.08. The van der Waals surface area contributed by atoms with Gasteiger partial charge in [0.25, 0.3) is 0 Å². The first-order valence-corrected chi connectivity index (χ1v) is 12.3. The molecular weight excluding hydrogens is 673 g/mol. The molecule has 0 unspecified atom stereocenters. The number of carbonyl (C=O) groups excluding carboxylic acids is 1. The molecule has 1 aromatic carbocycles. The summed E-state index contributed by atoms with van der Waals surface area (Å²) in [4.78, 5) is 11.1. The van der Waals surface area contributed by atoms with Crippen LogP contribution in [0.15, 0.2) is 12.1 Å². The summed E-state index contributed by atoms with van der Waals surface area (Å²) in [6.45, 7) is 1.13. The van der Waals surface area contributed by atoms with Gasteiger partial charge in [0.15, 0.2) is 0 Å². The van der Waals surface area contributed by atoms with Crippen LogP contribution < -0.4 is 4.74 Å². The summed E-state index contributed by atoms with van der Waals surface area (Å²) in [7, 11) is 0. The predicted molar refractivity (Wildman–Crippen MR) is 130 cm³/mol. The first-order chi connectivity index (χ1) is 12.5. The summed E-state index contributed by atoms with van der Waals surface area (Å²) in [5.74, 6) is 0.718. The molecule has 1 aromatic rings. The van der Waals surface area contributed by atoms with Crippen molar-refractivity contribution in [2.45, 2.75) is 57.8 Å². The number of carbonyl (C=O) groups is 1. The maximum atomic E-state index is 11.1. The smallest absolute Gasteiger partial charge is 0.308 e. The number of aliphatic hydroxyl groups is 1. The van der Waals surface area contributed by atoms with E-state index < -0.39 is 0 Å². The highest BCUT2D eigenvalue weighted by Gasteiger charge is 2.07. The zero-order chi connectivity index (χ0) is 19.2. The largest absolute Gasteiger partial charge is 0.491 e. The highest BCUT2D eigenvalue weighted by Crippen LogP contribution is 2.29. The zero-order valence-electron chi connectivity index (χ0n) is 14.9. The average Bonchev–Trinajstić information content (AvgIpc) is 2.57. The molecule has 0 saturated carbocycles. The van der Waals surface area contributed by atoms with Gasteiger partial charge in [-0.2, -0.15) is 0 Å². The Morgan fingerprint density at radius 3 is 1.88 bits per heavy atom. The van der Waals surface area contributed by atoms with Crippen molar-refractivity contribution >= 4 is 73.7 Å². The number of unbranched alkanes of at least 4 members (excludes halogenated alkanes) is 7. The fourth-order valence-corrected chi connectivity index (χ4v) is 6.35. The molecule has 1 N–H and O–H groups in total. The Labute approximate surface area is 197 Å². The Balaban J connectivity index is 1.93. The number of rotatable bonds is 14. The molecule has 0 aliphatic rings. The van der Waals surface area contributed by atoms with Crippen LogP contribution in [-0.2, 0) is 9.53 Å². The second-order valence-corrected chi connectivity index (χ2v) is 9.64. The number of hydrogen-bond donors (Lipinski definition) is 1. The summed E-state index contributed by atoms with van der Waals surface area (Å²) in [5, 5.41) is 8.60. The van der Waals surface area contributed by atoms with E-state index in [-0.39, 0.29) is 19.0 Å². The summed E-state index contributed by atoms with van der Waals surface area (Å²) in [5.41, 5.74) is 0. The minimum Gasteiger partial charge on any atom is -0.491 e. The van der Waals surface area contributed by atoms with Crippen LogP contribution in [0.3, 0.4) is 0 Å². The lowest BCUT2D eigenvalue weighted by Crippen LogP contribution is -2.07. The van der Waals surface area contributed by atoms with Crippen LogP contribution in [0.25, 0.3) is 0 Å². The van der Waals surface area contributed by atoms with E-state index in [1.165, 1.54) is 42.8 Å². The van der Waals surface area contributed by atoms with Crippen molar-refractivity contribution in [1.82, 2.24) is 0 Å². The van der Waals surface area contributed by atoms with Crippen molar-refractivity contribution < 1.29 is 19.4 Å². The van der Waals surface area contributed by atoms with E-state index in [2.05, 4.69) is 79.9 Å². The fourth-order valence-electron chi connectivity index (χ4n) is 2.46. The number of esters is 1. The fraction of sp³-hybridized carbons (Fsp3) is 0.632. The molecule has 0 atom stereocenters. The number of ether oxygens (including phenoxy) is 2. The summed E-state index contributed by atoms with van der Waals surface area (Å²) >= 11 is 7.01. The summed E-state index contributed by atoms with van der Waals surface area (Å²) in [6, 6.07) is 4.29. The van der Waals surface area contributed by atoms with E-state index in [1.54, 1.807) is 0 Å². The lowest BCUT2D eigenvalue weighted by molar-refractivity contribution is -0.144. The van der Waals surface area contributed by atoms with E-state index in [1.807, 2.05) is 0 Å². The molecule has 0 radical (unpaired) electrons. The molecule has 7 heteroatoms. The molecule has 148 valence electrons. The van der Waals surface area contributed by atoms with Crippen LogP contribution in [0.4, 0.5) is 0 Å². The van der Waals surface area contributed by atoms with Gasteiger partial charge in [-0.15, -0.1) is 0 Å². The molecule has 0 aliphatic heterocycles. The van der Waals surface area contributed by atoms with Gasteiger partial charge in [0.2, 0.25) is 0 Å². The van der Waals surface area contributed by atoms with Gasteiger partial charge < -0.3 is 14.6 Å². The third-order valence-corrected chi connectivity index (χ3v) is 6.05. The Morgan fingerprint density at radius 1 is 0.846 bits per heavy atom. The van der Waals surface area contributed by atoms with E-state index in [0.29, 0.717) is 6.61 Å². The van der Waals surface area contributed by atoms with Crippen molar-refractivity contribution in [2.24, 2.45) is 0 Å². The van der Waals surface area contributed by atoms with Gasteiger partial charge in [-0.1, -0.05) is 38.5 Å². The van der Waals surface area contributed by atoms with Crippen molar-refractivity contribution in [3.63, 3.8) is 0 Å². The standard InChI is InChI=1S/C19H27I3O4/c20-15-13-16(21)19(17(22)14-15)26-12-8-6-4-2-1-3-5-7-11-25-18(24)9-10-23/h13-14,23H,1-12H2. The van der Waals surface area contributed by atoms with Crippen molar-refractivity contribution in [3.05, 3.63) is 22.8 Å². The van der Waals surface area contributed by atoms with E-state index in [4.69, 9.17) is 14.6 Å². The van der Waals surface area contributed by atoms with Gasteiger partial charge in [-0.25, -0.2) is 0 Å². The molecule has 0 heterocycles. The van der Waals surface area contributed by atoms with E-state index >= 15 is 0 Å². The zero-order valence-corrected chi connectivity index (χ0v) is 21.4. The highest BCUT2D eigenvalue weighted by molar-refractivity contribution is 14.1. The number of hydrogen-bond acceptors (Lipinski definition) is 4. The topological polar surface area (TPSA) is 55.8 Å². The molecule has 0 saturated heterocycles. The predicted octanol–water partition coefficient (Wildman–Crippen LogP) is 5.93. The third kappa shape index (κ3) is 11.5. The van der Waals surface area contributed by atoms with Crippen LogP contribution in [0.2, 0.25) is 0 Å². The molecule has 0 bridgehead atoms. The monoisotopic (exact) mass is 700 g/mol. The van der Waals surface area contributed by atoms with Gasteiger partial charge >= 0.3 is 5.97 Å². The van der Waals surface area contributed by atoms with Gasteiger partial charge in [-0.3, -0.25) is 4.79 Å². The van der Waals surface area contributed by atoms with Crippen molar-refractivity contribution in [1.29, 1.82) is 0 Å². The van der Waals surface area contributed by atoms with Gasteiger partial charge in [0, 0.05) is 3.57 Å². The van der Waals surface area contributed by atoms with Crippen LogP contribution in [0.5, 0.6) is 5.75 Å². The van der Waals surface area contributed by atoms with Crippen molar-refractivity contribution in [2.75, 3.05) is 19.8 Å². The molecule has 4 nitrogen and oxygen atoms in total. The molecule has 26 heavy (non-hydrogen) atoms. The van der Waals surface area contributed by atoms with Crippen LogP contribution in [0, 0.1) is 10.7 Å². The van der Waals surface area contributed by atoms with Gasteiger partial charge in [0.1, 0.15) is 5.75 Å². The molecule has 0 spiro atoms. The Bertz CT molecular complexity index is 515. The van der Waals surface area contributed by atoms with Gasteiger partial charge in [0.05, 0.1) is 33.4 Å². The number of halogens is 3. The number of benzene rings is 1. The van der Waals surface area contributed by atoms with Crippen LogP contribution in [0.1, 0.15) is 57.8 Å². The minimum absolute atomic E-state index is 0.103. The van der Waals surface area contributed by atoms with Crippen molar-refractivity contribution in [3.8, 4) is 5.75 Å². The summed E-state index contributed by atoms with van der Waals surface area (Å²) < 4.78 is 14.6. The van der Waals surface area contributed by atoms with E-state index in [9.17, 15) is 4.79 Å². The lowest BCUT2D eigenvalue weighted by atomic mass is 10.1. The third-order valence-electron chi connectivity index (χ3n) is 3.83. The SMILES string of the molecule is O=C(CCO)OCCCCCCCCCCOc1c(I)cc(I)cc1I. The van der Waals surface area contributed by atoms with Gasteiger partial charge in [-0.05, 0) is 92.7 Å². The van der Waals surface area contributed by atoms with Crippen LogP contribution in [-0.4, -0.2) is 30.9 Å². The quantitative estimate of drug-likeness (QED) is 0.149. The molecule has 0 aromatic heterocycles. The number of aliphatic hydroxyl groups excluding tert-OH is 1. The molecule has 1 rings (SSSR count). The molecule has 0 aliphatic carbocycles. The molecule has 0 amide bonds. The van der Waals surface area contributed by atoms with E-state index in [0.717, 1.165) is 31.6 Å². The Hall–Kier alpha value is 0.640. The second-order valence-electron chi connectivity index (χ2n) is 6.07. The minimum atomic E-state index is -0.302. The molecule has 0 fully saturated rings. The summed E-state index contributed by atoms with van der Waals surface area (Å²) in [6.07, 6.45) is 9.34. The normalized spacial score (nSPS) is 10.8. The first kappa shape index (κ1) is 24.7. The maximum Gasteiger partial charge on any atom is 0.308 e.